The van der Waals surface area contributed by atoms with Crippen molar-refractivity contribution in [1.29, 1.82) is 0 Å². The van der Waals surface area contributed by atoms with Crippen molar-refractivity contribution in [2.24, 2.45) is 0 Å². The van der Waals surface area contributed by atoms with Gasteiger partial charge < -0.3 is 24.6 Å². The molecule has 0 amide bonds. The number of rotatable bonds is 6. The second kappa shape index (κ2) is 14.9. The Hall–Kier alpha value is -5.88. The van der Waals surface area contributed by atoms with Crippen molar-refractivity contribution in [1.82, 2.24) is 39.0 Å². The van der Waals surface area contributed by atoms with Crippen LogP contribution in [-0.2, 0) is 0 Å². The van der Waals surface area contributed by atoms with Crippen LogP contribution in [0.4, 0.5) is 0 Å². The number of nitrogens with zero attached hydrogens (tertiary/aromatic N) is 6. The molecule has 4 aromatic heterocycles. The number of hydrogen-bond acceptors (Lipinski definition) is 6. The highest BCUT2D eigenvalue weighted by Crippen LogP contribution is 2.31. The zero-order valence-corrected chi connectivity index (χ0v) is 29.0. The molecule has 51 heavy (non-hydrogen) atoms. The van der Waals surface area contributed by atoms with Crippen LogP contribution in [0.1, 0.15) is 45.7 Å². The van der Waals surface area contributed by atoms with Gasteiger partial charge in [0.15, 0.2) is 0 Å². The van der Waals surface area contributed by atoms with E-state index < -0.39 is 0 Å². The Kier molecular flexibility index (Phi) is 10.2. The van der Waals surface area contributed by atoms with Crippen LogP contribution in [-0.4, -0.2) is 44.5 Å². The number of nitrogens with one attached hydrogen (secondary N) is 2. The van der Waals surface area contributed by atoms with E-state index in [0.29, 0.717) is 32.5 Å². The van der Waals surface area contributed by atoms with Crippen molar-refractivity contribution in [3.63, 3.8) is 0 Å². The predicted octanol–water partition coefficient (Wildman–Crippen LogP) is 6.61. The maximum absolute atomic E-state index is 11.9. The van der Waals surface area contributed by atoms with Gasteiger partial charge in [-0.15, -0.1) is 0 Å². The molecule has 0 aliphatic heterocycles. The summed E-state index contributed by atoms with van der Waals surface area (Å²) < 4.78 is 4.01. The molecule has 2 unspecified atom stereocenters. The van der Waals surface area contributed by atoms with Gasteiger partial charge in [0.25, 0.3) is 11.1 Å². The summed E-state index contributed by atoms with van der Waals surface area (Å²) in [4.78, 5) is 46.6. The Morgan fingerprint density at radius 1 is 0.588 bits per heavy atom. The third kappa shape index (κ3) is 7.51. The number of H-pyrrole nitrogens is 2. The molecule has 0 saturated carbocycles. The van der Waals surface area contributed by atoms with Gasteiger partial charge in [-0.25, -0.2) is 19.9 Å². The summed E-state index contributed by atoms with van der Waals surface area (Å²) >= 11 is 12.4. The molecule has 11 nitrogen and oxygen atoms in total. The summed E-state index contributed by atoms with van der Waals surface area (Å²) in [6.45, 7) is 3.40. The van der Waals surface area contributed by atoms with Crippen LogP contribution >= 0.6 is 23.2 Å². The molecule has 0 saturated heterocycles. The fourth-order valence-electron chi connectivity index (χ4n) is 6.00. The summed E-state index contributed by atoms with van der Waals surface area (Å²) in [6, 6.07) is 27.0. The van der Waals surface area contributed by atoms with E-state index in [2.05, 4.69) is 29.9 Å². The molecule has 4 heterocycles. The van der Waals surface area contributed by atoms with E-state index in [1.54, 1.807) is 38.9 Å². The highest BCUT2D eigenvalue weighted by atomic mass is 35.5. The standard InChI is InChI=1S/2C19H15ClN4O.H2O/c2*1-12-19(25)23-17-10-14(5-6-16(17)22-12)18(24-8-7-21-11-24)13-3-2-4-15(20)9-13;/h2*2-11,18H,1H3,(H,23,25);1H2. The maximum Gasteiger partial charge on any atom is 0.269 e. The summed E-state index contributed by atoms with van der Waals surface area (Å²) in [5.41, 5.74) is 7.59. The minimum Gasteiger partial charge on any atom is -0.412 e. The quantitative estimate of drug-likeness (QED) is 0.197. The van der Waals surface area contributed by atoms with Crippen molar-refractivity contribution >= 4 is 45.3 Å². The third-order valence-electron chi connectivity index (χ3n) is 8.38. The second-order valence-electron chi connectivity index (χ2n) is 11.8. The Morgan fingerprint density at radius 3 is 1.37 bits per heavy atom. The normalized spacial score (nSPS) is 12.2. The molecule has 0 spiro atoms. The summed E-state index contributed by atoms with van der Waals surface area (Å²) in [7, 11) is 0. The van der Waals surface area contributed by atoms with Gasteiger partial charge in [0.2, 0.25) is 0 Å². The molecular formula is C38H32Cl2N8O3. The van der Waals surface area contributed by atoms with Crippen molar-refractivity contribution < 1.29 is 5.48 Å². The Labute approximate surface area is 301 Å². The van der Waals surface area contributed by atoms with E-state index >= 15 is 0 Å². The molecule has 4 aromatic carbocycles. The van der Waals surface area contributed by atoms with E-state index in [1.165, 1.54) is 0 Å². The van der Waals surface area contributed by atoms with Gasteiger partial charge in [0.1, 0.15) is 11.4 Å². The monoisotopic (exact) mass is 718 g/mol. The van der Waals surface area contributed by atoms with Crippen LogP contribution < -0.4 is 11.1 Å². The molecule has 13 heteroatoms. The average molecular weight is 720 g/mol. The molecule has 0 fully saturated rings. The smallest absolute Gasteiger partial charge is 0.269 e. The van der Waals surface area contributed by atoms with Gasteiger partial charge in [-0.1, -0.05) is 59.6 Å². The number of halogens is 2. The van der Waals surface area contributed by atoms with Gasteiger partial charge in [-0.05, 0) is 84.6 Å². The Bertz CT molecular complexity index is 2390. The van der Waals surface area contributed by atoms with Gasteiger partial charge in [0.05, 0.1) is 46.8 Å². The molecule has 8 aromatic rings. The fourth-order valence-corrected chi connectivity index (χ4v) is 6.40. The van der Waals surface area contributed by atoms with E-state index in [-0.39, 0.29) is 28.7 Å². The van der Waals surface area contributed by atoms with E-state index in [1.807, 2.05) is 106 Å². The molecule has 4 N–H and O–H groups in total. The molecule has 0 radical (unpaired) electrons. The number of hydrogen-bond donors (Lipinski definition) is 2. The van der Waals surface area contributed by atoms with Gasteiger partial charge in [-0.2, -0.15) is 0 Å². The van der Waals surface area contributed by atoms with Crippen LogP contribution in [0.2, 0.25) is 10.0 Å². The Morgan fingerprint density at radius 2 is 1.00 bits per heavy atom. The predicted molar refractivity (Wildman–Crippen MR) is 200 cm³/mol. The topological polar surface area (TPSA) is 159 Å². The first-order chi connectivity index (χ1) is 24.2. The lowest BCUT2D eigenvalue weighted by Crippen LogP contribution is -2.13. The first-order valence-corrected chi connectivity index (χ1v) is 16.5. The number of benzene rings is 4. The van der Waals surface area contributed by atoms with Crippen LogP contribution in [0.25, 0.3) is 22.1 Å². The molecule has 2 atom stereocenters. The number of aromatic amines is 2. The lowest BCUT2D eigenvalue weighted by atomic mass is 9.98. The van der Waals surface area contributed by atoms with Crippen molar-refractivity contribution in [3.8, 4) is 0 Å². The van der Waals surface area contributed by atoms with Crippen molar-refractivity contribution in [2.75, 3.05) is 0 Å². The lowest BCUT2D eigenvalue weighted by molar-refractivity contribution is 0.677. The molecular weight excluding hydrogens is 687 g/mol. The number of aromatic nitrogens is 8. The van der Waals surface area contributed by atoms with Crippen LogP contribution in [0.15, 0.2) is 132 Å². The van der Waals surface area contributed by atoms with Gasteiger partial charge >= 0.3 is 0 Å². The number of fused-ring (bicyclic) bond motifs is 2. The lowest BCUT2D eigenvalue weighted by Gasteiger charge is -2.20. The van der Waals surface area contributed by atoms with E-state index in [4.69, 9.17) is 23.2 Å². The summed E-state index contributed by atoms with van der Waals surface area (Å²) in [5, 5.41) is 1.35. The van der Waals surface area contributed by atoms with Crippen LogP contribution in [0.5, 0.6) is 0 Å². The fraction of sp³-hybridized carbons (Fsp3) is 0.105. The number of aryl methyl sites for hydroxylation is 2. The van der Waals surface area contributed by atoms with Crippen molar-refractivity contribution in [2.45, 2.75) is 25.9 Å². The summed E-state index contributed by atoms with van der Waals surface area (Å²) in [5.74, 6) is 0. The minimum atomic E-state index is -0.174. The zero-order valence-electron chi connectivity index (χ0n) is 27.5. The average Bonchev–Trinajstić information content (AvgIpc) is 3.83. The molecule has 256 valence electrons. The van der Waals surface area contributed by atoms with Crippen molar-refractivity contribution in [3.05, 3.63) is 187 Å². The molecule has 0 bridgehead atoms. The molecule has 0 aliphatic rings. The van der Waals surface area contributed by atoms with Crippen LogP contribution in [0.3, 0.4) is 0 Å². The minimum absolute atomic E-state index is 0. The van der Waals surface area contributed by atoms with E-state index in [0.717, 1.165) is 33.3 Å². The highest BCUT2D eigenvalue weighted by molar-refractivity contribution is 6.30. The molecule has 8 rings (SSSR count). The molecule has 0 aliphatic carbocycles. The second-order valence-corrected chi connectivity index (χ2v) is 12.7. The Balaban J connectivity index is 0.000000172. The van der Waals surface area contributed by atoms with Gasteiger partial charge in [-0.3, -0.25) is 9.59 Å². The highest BCUT2D eigenvalue weighted by Gasteiger charge is 2.19. The van der Waals surface area contributed by atoms with Gasteiger partial charge in [0, 0.05) is 34.8 Å². The zero-order chi connectivity index (χ0) is 34.8. The first kappa shape index (κ1) is 35.0. The van der Waals surface area contributed by atoms with E-state index in [9.17, 15) is 9.59 Å². The maximum atomic E-state index is 11.9. The largest absolute Gasteiger partial charge is 0.412 e. The SMILES string of the molecule is Cc1nc2ccc(C(c3cccc(Cl)c3)n3ccnc3)cc2[nH]c1=O.Cc1nc2ccc(C(c3cccc(Cl)c3)n3ccnc3)cc2[nH]c1=O.O. The first-order valence-electron chi connectivity index (χ1n) is 15.7. The number of imidazole rings is 2. The van der Waals surface area contributed by atoms with Crippen LogP contribution in [0, 0.1) is 13.8 Å². The third-order valence-corrected chi connectivity index (χ3v) is 8.85. The summed E-state index contributed by atoms with van der Waals surface area (Å²) in [6.07, 6.45) is 10.8.